The fourth-order valence-corrected chi connectivity index (χ4v) is 7.10. The van der Waals surface area contributed by atoms with Gasteiger partial charge in [-0.25, -0.2) is 0 Å². The number of rotatable bonds is 44. The summed E-state index contributed by atoms with van der Waals surface area (Å²) in [7, 11) is 0. The molecular formula is C53H95NO3. The van der Waals surface area contributed by atoms with Gasteiger partial charge in [0.15, 0.2) is 0 Å². The normalized spacial score (nSPS) is 13.5. The van der Waals surface area contributed by atoms with Gasteiger partial charge in [-0.1, -0.05) is 222 Å². The zero-order chi connectivity index (χ0) is 41.4. The lowest BCUT2D eigenvalue weighted by molar-refractivity contribution is -0.123. The Labute approximate surface area is 355 Å². The predicted octanol–water partition coefficient (Wildman–Crippen LogP) is 15.9. The fraction of sp³-hybridized carbons (Fsp3) is 0.755. The Hall–Kier alpha value is -2.17. The molecule has 0 bridgehead atoms. The van der Waals surface area contributed by atoms with Crippen LogP contribution < -0.4 is 5.32 Å². The highest BCUT2D eigenvalue weighted by atomic mass is 16.3. The Morgan fingerprint density at radius 2 is 0.737 bits per heavy atom. The average molecular weight is 794 g/mol. The van der Waals surface area contributed by atoms with Crippen LogP contribution in [0.25, 0.3) is 0 Å². The van der Waals surface area contributed by atoms with Crippen molar-refractivity contribution in [3.63, 3.8) is 0 Å². The first kappa shape index (κ1) is 54.8. The maximum absolute atomic E-state index is 12.4. The third-order valence-electron chi connectivity index (χ3n) is 10.9. The van der Waals surface area contributed by atoms with Crippen LogP contribution in [0.3, 0.4) is 0 Å². The quantitative estimate of drug-likeness (QED) is 0.0425. The van der Waals surface area contributed by atoms with E-state index < -0.39 is 12.1 Å². The monoisotopic (exact) mass is 794 g/mol. The average Bonchev–Trinajstić information content (AvgIpc) is 3.22. The smallest absolute Gasteiger partial charge is 0.220 e. The van der Waals surface area contributed by atoms with Crippen molar-refractivity contribution in [3.05, 3.63) is 72.9 Å². The van der Waals surface area contributed by atoms with E-state index in [0.29, 0.717) is 6.42 Å². The lowest BCUT2D eigenvalue weighted by Gasteiger charge is -2.19. The maximum atomic E-state index is 12.4. The molecule has 0 radical (unpaired) electrons. The van der Waals surface area contributed by atoms with Crippen molar-refractivity contribution >= 4 is 5.91 Å². The molecule has 0 aliphatic heterocycles. The van der Waals surface area contributed by atoms with Gasteiger partial charge in [0.1, 0.15) is 0 Å². The van der Waals surface area contributed by atoms with Crippen molar-refractivity contribution in [1.29, 1.82) is 0 Å². The Kier molecular flexibility index (Phi) is 46.4. The Morgan fingerprint density at radius 3 is 1.14 bits per heavy atom. The molecule has 4 heteroatoms. The Morgan fingerprint density at radius 1 is 0.421 bits per heavy atom. The minimum absolute atomic E-state index is 0.0866. The molecule has 4 nitrogen and oxygen atoms in total. The van der Waals surface area contributed by atoms with E-state index in [1.165, 1.54) is 161 Å². The summed E-state index contributed by atoms with van der Waals surface area (Å²) in [5, 5.41) is 23.1. The van der Waals surface area contributed by atoms with Crippen molar-refractivity contribution in [2.75, 3.05) is 6.61 Å². The number of carbonyl (C=O) groups excluding carboxylic acids is 1. The molecule has 2 unspecified atom stereocenters. The minimum Gasteiger partial charge on any atom is -0.394 e. The summed E-state index contributed by atoms with van der Waals surface area (Å²) in [6.07, 6.45) is 68.8. The van der Waals surface area contributed by atoms with Gasteiger partial charge in [0.2, 0.25) is 5.91 Å². The molecule has 0 aromatic rings. The number of amides is 1. The van der Waals surface area contributed by atoms with Gasteiger partial charge < -0.3 is 15.5 Å². The highest BCUT2D eigenvalue weighted by molar-refractivity contribution is 5.76. The molecule has 0 spiro atoms. The van der Waals surface area contributed by atoms with Gasteiger partial charge in [-0.2, -0.15) is 0 Å². The highest BCUT2D eigenvalue weighted by Crippen LogP contribution is 2.14. The molecule has 2 atom stereocenters. The van der Waals surface area contributed by atoms with Crippen LogP contribution in [-0.4, -0.2) is 34.9 Å². The van der Waals surface area contributed by atoms with Gasteiger partial charge in [-0.05, 0) is 83.5 Å². The summed E-state index contributed by atoms with van der Waals surface area (Å²) in [5.74, 6) is -0.0866. The molecule has 0 saturated carbocycles. The molecule has 330 valence electrons. The van der Waals surface area contributed by atoms with Crippen LogP contribution in [0, 0.1) is 0 Å². The molecule has 0 saturated heterocycles. The minimum atomic E-state index is -0.877. The van der Waals surface area contributed by atoms with Gasteiger partial charge in [-0.15, -0.1) is 0 Å². The molecule has 0 aliphatic rings. The molecule has 0 aromatic heterocycles. The van der Waals surface area contributed by atoms with E-state index in [4.69, 9.17) is 0 Å². The van der Waals surface area contributed by atoms with E-state index in [0.717, 1.165) is 57.8 Å². The first-order valence-corrected chi connectivity index (χ1v) is 24.7. The van der Waals surface area contributed by atoms with Crippen LogP contribution in [0.1, 0.15) is 239 Å². The van der Waals surface area contributed by atoms with Crippen LogP contribution >= 0.6 is 0 Å². The van der Waals surface area contributed by atoms with Crippen LogP contribution in [0.5, 0.6) is 0 Å². The van der Waals surface area contributed by atoms with Gasteiger partial charge in [0, 0.05) is 6.42 Å². The number of hydrogen-bond acceptors (Lipinski definition) is 3. The SMILES string of the molecule is CCCCCCC/C=C\C/C=C\C/C=C\CCCCCCCCCCC(=O)NC(CO)C(O)/C=C/CC/C=C/CC/C=C/CCCCCCCCCCCCCC. The topological polar surface area (TPSA) is 69.6 Å². The van der Waals surface area contributed by atoms with Gasteiger partial charge in [0.05, 0.1) is 18.8 Å². The lowest BCUT2D eigenvalue weighted by atomic mass is 10.0. The van der Waals surface area contributed by atoms with Gasteiger partial charge in [0.25, 0.3) is 0 Å². The summed E-state index contributed by atoms with van der Waals surface area (Å²) in [6.45, 7) is 4.28. The highest BCUT2D eigenvalue weighted by Gasteiger charge is 2.17. The van der Waals surface area contributed by atoms with Crippen molar-refractivity contribution < 1.29 is 15.0 Å². The summed E-state index contributed by atoms with van der Waals surface area (Å²) in [5.41, 5.74) is 0. The zero-order valence-corrected chi connectivity index (χ0v) is 37.8. The third kappa shape index (κ3) is 44.8. The molecule has 3 N–H and O–H groups in total. The maximum Gasteiger partial charge on any atom is 0.220 e. The van der Waals surface area contributed by atoms with Crippen molar-refractivity contribution in [2.45, 2.75) is 251 Å². The largest absolute Gasteiger partial charge is 0.394 e. The van der Waals surface area contributed by atoms with Crippen molar-refractivity contribution in [2.24, 2.45) is 0 Å². The Balaban J connectivity index is 3.65. The first-order chi connectivity index (χ1) is 28.2. The van der Waals surface area contributed by atoms with Crippen LogP contribution in [0.15, 0.2) is 72.9 Å². The number of allylic oxidation sites excluding steroid dienone is 11. The lowest BCUT2D eigenvalue weighted by Crippen LogP contribution is -2.45. The van der Waals surface area contributed by atoms with Crippen molar-refractivity contribution in [3.8, 4) is 0 Å². The number of hydrogen-bond donors (Lipinski definition) is 3. The second-order valence-electron chi connectivity index (χ2n) is 16.5. The molecule has 0 rings (SSSR count). The summed E-state index contributed by atoms with van der Waals surface area (Å²) >= 11 is 0. The van der Waals surface area contributed by atoms with E-state index in [1.807, 2.05) is 6.08 Å². The molecule has 0 heterocycles. The summed E-state index contributed by atoms with van der Waals surface area (Å²) < 4.78 is 0. The Bertz CT molecular complexity index is 992. The number of nitrogens with one attached hydrogen (secondary N) is 1. The second-order valence-corrected chi connectivity index (χ2v) is 16.5. The molecule has 1 amide bonds. The number of aliphatic hydroxyl groups excluding tert-OH is 2. The fourth-order valence-electron chi connectivity index (χ4n) is 7.10. The number of aliphatic hydroxyl groups is 2. The van der Waals surface area contributed by atoms with Crippen molar-refractivity contribution in [1.82, 2.24) is 5.32 Å². The molecular weight excluding hydrogens is 699 g/mol. The second kappa shape index (κ2) is 48.2. The zero-order valence-electron chi connectivity index (χ0n) is 37.8. The van der Waals surface area contributed by atoms with E-state index in [2.05, 4.69) is 79.9 Å². The predicted molar refractivity (Wildman–Crippen MR) is 253 cm³/mol. The standard InChI is InChI=1S/C53H95NO3/c1-3-5-7-9-11-13-15-17-19-21-23-25-27-29-31-33-35-37-39-41-43-45-47-49-53(57)54-51(50-55)52(56)48-46-44-42-40-38-36-34-32-30-28-26-24-22-20-18-16-14-12-10-8-6-4-2/h15,17,21,23,27,29-30,32,38,40,46,48,51-52,55-56H,3-14,16,18-20,22,24-26,28,31,33-37,39,41-45,47,49-50H2,1-2H3,(H,54,57)/b17-15-,23-21-,29-27-,32-30+,40-38+,48-46+. The van der Waals surface area contributed by atoms with E-state index in [-0.39, 0.29) is 12.5 Å². The van der Waals surface area contributed by atoms with Crippen LogP contribution in [0.2, 0.25) is 0 Å². The molecule has 0 aliphatic carbocycles. The van der Waals surface area contributed by atoms with Crippen LogP contribution in [-0.2, 0) is 4.79 Å². The molecule has 0 aromatic carbocycles. The number of carbonyl (C=O) groups is 1. The first-order valence-electron chi connectivity index (χ1n) is 24.7. The summed E-state index contributed by atoms with van der Waals surface area (Å²) in [6, 6.07) is -0.653. The van der Waals surface area contributed by atoms with Gasteiger partial charge >= 0.3 is 0 Å². The van der Waals surface area contributed by atoms with E-state index in [1.54, 1.807) is 6.08 Å². The van der Waals surface area contributed by atoms with Crippen LogP contribution in [0.4, 0.5) is 0 Å². The van der Waals surface area contributed by atoms with E-state index >= 15 is 0 Å². The molecule has 57 heavy (non-hydrogen) atoms. The van der Waals surface area contributed by atoms with Gasteiger partial charge in [-0.3, -0.25) is 4.79 Å². The third-order valence-corrected chi connectivity index (χ3v) is 10.9. The summed E-state index contributed by atoms with van der Waals surface area (Å²) in [4.78, 5) is 12.4. The van der Waals surface area contributed by atoms with E-state index in [9.17, 15) is 15.0 Å². The number of unbranched alkanes of at least 4 members (excludes halogenated alkanes) is 27. The molecule has 0 fully saturated rings.